The molecule has 0 spiro atoms. The van der Waals surface area contributed by atoms with Crippen molar-refractivity contribution in [2.45, 2.75) is 5.41 Å². The molecule has 1 heteroatoms. The van der Waals surface area contributed by atoms with Crippen LogP contribution in [0.3, 0.4) is 0 Å². The van der Waals surface area contributed by atoms with Gasteiger partial charge in [0.05, 0.1) is 11.1 Å². The number of nitrogens with zero attached hydrogens (tertiary/aromatic N) is 1. The van der Waals surface area contributed by atoms with E-state index in [-0.39, 0.29) is 0 Å². The van der Waals surface area contributed by atoms with Crippen LogP contribution in [0.5, 0.6) is 0 Å². The van der Waals surface area contributed by atoms with Gasteiger partial charge in [0.25, 0.3) is 0 Å². The molecule has 0 unspecified atom stereocenters. The fourth-order valence-electron chi connectivity index (χ4n) is 8.82. The fourth-order valence-corrected chi connectivity index (χ4v) is 8.82. The monoisotopic (exact) mass is 713 g/mol. The van der Waals surface area contributed by atoms with Crippen LogP contribution < -0.4 is 4.90 Å². The lowest BCUT2D eigenvalue weighted by Gasteiger charge is -2.34. The fraction of sp³-hybridized carbons (Fsp3) is 0.0182. The predicted octanol–water partition coefficient (Wildman–Crippen LogP) is 14.5. The highest BCUT2D eigenvalue weighted by atomic mass is 15.1. The molecule has 0 bridgehead atoms. The first-order valence-electron chi connectivity index (χ1n) is 19.3. The minimum Gasteiger partial charge on any atom is -0.310 e. The molecule has 1 nitrogen and oxygen atoms in total. The molecular weight excluding hydrogens is 675 g/mol. The van der Waals surface area contributed by atoms with Crippen LogP contribution in [0.1, 0.15) is 22.3 Å². The average molecular weight is 714 g/mol. The average Bonchev–Trinajstić information content (AvgIpc) is 3.59. The van der Waals surface area contributed by atoms with Crippen molar-refractivity contribution in [2.24, 2.45) is 0 Å². The SMILES string of the molecule is c1ccc(-c2ccc(-c3ccc(N(c4ccc(C5(c6ccccc6)c6ccccc6-c6ccccc65)cc4)c4ccccc4-c4ccccc4)cc3)cc2)cc1. The number of rotatable bonds is 8. The van der Waals surface area contributed by atoms with Crippen LogP contribution in [0, 0.1) is 0 Å². The lowest BCUT2D eigenvalue weighted by molar-refractivity contribution is 0.768. The van der Waals surface area contributed by atoms with E-state index in [1.807, 2.05) is 0 Å². The number of benzene rings is 9. The van der Waals surface area contributed by atoms with E-state index in [1.54, 1.807) is 0 Å². The summed E-state index contributed by atoms with van der Waals surface area (Å²) in [6.07, 6.45) is 0. The topological polar surface area (TPSA) is 3.24 Å². The van der Waals surface area contributed by atoms with Crippen LogP contribution in [-0.4, -0.2) is 0 Å². The van der Waals surface area contributed by atoms with Gasteiger partial charge in [0.1, 0.15) is 0 Å². The molecule has 0 radical (unpaired) electrons. The molecule has 0 heterocycles. The second-order valence-electron chi connectivity index (χ2n) is 14.5. The Hall–Kier alpha value is -7.22. The van der Waals surface area contributed by atoms with Crippen LogP contribution in [0.2, 0.25) is 0 Å². The molecule has 0 aliphatic heterocycles. The zero-order valence-electron chi connectivity index (χ0n) is 31.0. The normalized spacial score (nSPS) is 12.4. The molecule has 0 N–H and O–H groups in total. The molecule has 56 heavy (non-hydrogen) atoms. The third-order valence-electron chi connectivity index (χ3n) is 11.4. The van der Waals surface area contributed by atoms with Crippen molar-refractivity contribution in [3.05, 3.63) is 259 Å². The van der Waals surface area contributed by atoms with Gasteiger partial charge in [-0.1, -0.05) is 206 Å². The van der Waals surface area contributed by atoms with Crippen LogP contribution in [-0.2, 0) is 5.41 Å². The molecule has 10 rings (SSSR count). The second-order valence-corrected chi connectivity index (χ2v) is 14.5. The van der Waals surface area contributed by atoms with Gasteiger partial charge in [-0.3, -0.25) is 0 Å². The minimum atomic E-state index is -0.447. The Bertz CT molecular complexity index is 2710. The maximum Gasteiger partial charge on any atom is 0.0713 e. The van der Waals surface area contributed by atoms with Crippen molar-refractivity contribution in [1.82, 2.24) is 0 Å². The summed E-state index contributed by atoms with van der Waals surface area (Å²) >= 11 is 0. The standard InChI is InChI=1S/C55H39N/c1-4-16-40(17-5-1)41-28-30-42(31-29-41)43-32-36-47(37-33-43)56(54-27-15-12-22-49(54)44-18-6-2-7-19-44)48-38-34-46(35-39-48)55(45-20-8-3-9-21-45)52-25-13-10-23-50(52)51-24-11-14-26-53(51)55/h1-39H. The van der Waals surface area contributed by atoms with Crippen LogP contribution in [0.15, 0.2) is 237 Å². The van der Waals surface area contributed by atoms with Crippen LogP contribution in [0.25, 0.3) is 44.5 Å². The van der Waals surface area contributed by atoms with E-state index in [0.29, 0.717) is 0 Å². The maximum absolute atomic E-state index is 2.40. The Morgan fingerprint density at radius 3 is 1.14 bits per heavy atom. The molecule has 264 valence electrons. The largest absolute Gasteiger partial charge is 0.310 e. The lowest BCUT2D eigenvalue weighted by atomic mass is 9.68. The number of fused-ring (bicyclic) bond motifs is 3. The van der Waals surface area contributed by atoms with Crippen molar-refractivity contribution in [3.8, 4) is 44.5 Å². The van der Waals surface area contributed by atoms with Crippen molar-refractivity contribution in [3.63, 3.8) is 0 Å². The summed E-state index contributed by atoms with van der Waals surface area (Å²) < 4.78 is 0. The first kappa shape index (κ1) is 33.4. The predicted molar refractivity (Wildman–Crippen MR) is 235 cm³/mol. The molecule has 1 aliphatic rings. The van der Waals surface area contributed by atoms with Gasteiger partial charge < -0.3 is 4.90 Å². The first-order valence-corrected chi connectivity index (χ1v) is 19.3. The minimum absolute atomic E-state index is 0.447. The number of anilines is 3. The van der Waals surface area contributed by atoms with Gasteiger partial charge in [0, 0.05) is 16.9 Å². The highest BCUT2D eigenvalue weighted by molar-refractivity contribution is 5.90. The van der Waals surface area contributed by atoms with Crippen LogP contribution >= 0.6 is 0 Å². The maximum atomic E-state index is 2.40. The van der Waals surface area contributed by atoms with Gasteiger partial charge in [-0.05, 0) is 91.5 Å². The molecule has 0 saturated carbocycles. The lowest BCUT2D eigenvalue weighted by Crippen LogP contribution is -2.28. The van der Waals surface area contributed by atoms with Crippen molar-refractivity contribution in [1.29, 1.82) is 0 Å². The zero-order valence-corrected chi connectivity index (χ0v) is 31.0. The van der Waals surface area contributed by atoms with E-state index in [1.165, 1.54) is 66.8 Å². The number of para-hydroxylation sites is 1. The molecule has 0 amide bonds. The van der Waals surface area contributed by atoms with E-state index < -0.39 is 5.41 Å². The number of hydrogen-bond donors (Lipinski definition) is 0. The molecule has 0 atom stereocenters. The zero-order chi connectivity index (χ0) is 37.3. The molecule has 0 saturated heterocycles. The smallest absolute Gasteiger partial charge is 0.0713 e. The van der Waals surface area contributed by atoms with Crippen molar-refractivity contribution < 1.29 is 0 Å². The van der Waals surface area contributed by atoms with E-state index in [9.17, 15) is 0 Å². The Morgan fingerprint density at radius 2 is 0.607 bits per heavy atom. The summed E-state index contributed by atoms with van der Waals surface area (Å²) in [5.41, 5.74) is 17.8. The van der Waals surface area contributed by atoms with E-state index >= 15 is 0 Å². The van der Waals surface area contributed by atoms with Crippen LogP contribution in [0.4, 0.5) is 17.1 Å². The second kappa shape index (κ2) is 14.2. The quantitative estimate of drug-likeness (QED) is 0.152. The summed E-state index contributed by atoms with van der Waals surface area (Å²) in [6, 6.07) is 86.0. The third-order valence-corrected chi connectivity index (χ3v) is 11.4. The number of hydrogen-bond acceptors (Lipinski definition) is 1. The van der Waals surface area contributed by atoms with Crippen molar-refractivity contribution in [2.75, 3.05) is 4.90 Å². The Morgan fingerprint density at radius 1 is 0.250 bits per heavy atom. The molecule has 0 fully saturated rings. The van der Waals surface area contributed by atoms with Gasteiger partial charge >= 0.3 is 0 Å². The summed E-state index contributed by atoms with van der Waals surface area (Å²) in [5, 5.41) is 0. The van der Waals surface area contributed by atoms with E-state index in [0.717, 1.165) is 17.1 Å². The van der Waals surface area contributed by atoms with Gasteiger partial charge in [-0.2, -0.15) is 0 Å². The Balaban J connectivity index is 1.10. The van der Waals surface area contributed by atoms with Gasteiger partial charge in [0.15, 0.2) is 0 Å². The molecule has 0 aromatic heterocycles. The molecule has 9 aromatic rings. The highest BCUT2D eigenvalue weighted by Crippen LogP contribution is 2.56. The summed E-state index contributed by atoms with van der Waals surface area (Å²) in [7, 11) is 0. The summed E-state index contributed by atoms with van der Waals surface area (Å²) in [6.45, 7) is 0. The highest BCUT2D eigenvalue weighted by Gasteiger charge is 2.45. The van der Waals surface area contributed by atoms with Gasteiger partial charge in [0.2, 0.25) is 0 Å². The van der Waals surface area contributed by atoms with E-state index in [2.05, 4.69) is 241 Å². The summed E-state index contributed by atoms with van der Waals surface area (Å²) in [5.74, 6) is 0. The van der Waals surface area contributed by atoms with Crippen molar-refractivity contribution >= 4 is 17.1 Å². The Kier molecular flexibility index (Phi) is 8.46. The van der Waals surface area contributed by atoms with Gasteiger partial charge in [-0.15, -0.1) is 0 Å². The molecular formula is C55H39N. The molecule has 1 aliphatic carbocycles. The Labute approximate surface area is 329 Å². The first-order chi connectivity index (χ1) is 27.8. The third kappa shape index (κ3) is 5.65. The van der Waals surface area contributed by atoms with E-state index in [4.69, 9.17) is 0 Å². The summed E-state index contributed by atoms with van der Waals surface area (Å²) in [4.78, 5) is 2.40. The van der Waals surface area contributed by atoms with Gasteiger partial charge in [-0.25, -0.2) is 0 Å². The molecule has 9 aromatic carbocycles.